The van der Waals surface area contributed by atoms with Gasteiger partial charge in [-0.05, 0) is 6.42 Å². The standard InChI is InChI=1S/C6H11BrO/c1-2-3-4-5-6(7)8-5/h5-6H,2-4H2,1H3/t5-,6?/m0/s1. The molecule has 0 spiro atoms. The summed E-state index contributed by atoms with van der Waals surface area (Å²) in [4.78, 5) is 0. The van der Waals surface area contributed by atoms with Crippen LogP contribution in [0.2, 0.25) is 0 Å². The van der Waals surface area contributed by atoms with Crippen molar-refractivity contribution in [1.82, 2.24) is 0 Å². The van der Waals surface area contributed by atoms with Crippen molar-refractivity contribution in [2.45, 2.75) is 37.3 Å². The van der Waals surface area contributed by atoms with Crippen molar-refractivity contribution in [3.8, 4) is 0 Å². The van der Waals surface area contributed by atoms with Gasteiger partial charge in [-0.3, -0.25) is 0 Å². The van der Waals surface area contributed by atoms with Gasteiger partial charge in [0.05, 0.1) is 6.10 Å². The summed E-state index contributed by atoms with van der Waals surface area (Å²) in [6.07, 6.45) is 4.34. The Morgan fingerprint density at radius 3 is 2.62 bits per heavy atom. The fourth-order valence-corrected chi connectivity index (χ4v) is 1.27. The molecule has 0 aromatic carbocycles. The maximum Gasteiger partial charge on any atom is 0.139 e. The van der Waals surface area contributed by atoms with Crippen molar-refractivity contribution in [1.29, 1.82) is 0 Å². The molecule has 0 bridgehead atoms. The fourth-order valence-electron chi connectivity index (χ4n) is 0.726. The van der Waals surface area contributed by atoms with Gasteiger partial charge >= 0.3 is 0 Å². The predicted octanol–water partition coefficient (Wildman–Crippen LogP) is 2.30. The first-order valence-corrected chi connectivity index (χ1v) is 4.05. The number of ether oxygens (including phenoxy) is 1. The van der Waals surface area contributed by atoms with E-state index in [1.54, 1.807) is 0 Å². The van der Waals surface area contributed by atoms with Gasteiger partial charge in [0.15, 0.2) is 0 Å². The summed E-state index contributed by atoms with van der Waals surface area (Å²) in [7, 11) is 0. The maximum absolute atomic E-state index is 5.14. The fraction of sp³-hybridized carbons (Fsp3) is 1.00. The van der Waals surface area contributed by atoms with Crippen LogP contribution in [-0.4, -0.2) is 11.1 Å². The summed E-state index contributed by atoms with van der Waals surface area (Å²) in [5.41, 5.74) is 0. The molecule has 1 saturated heterocycles. The van der Waals surface area contributed by atoms with Crippen LogP contribution in [0.25, 0.3) is 0 Å². The van der Waals surface area contributed by atoms with Crippen LogP contribution in [0.5, 0.6) is 0 Å². The van der Waals surface area contributed by atoms with E-state index in [2.05, 4.69) is 22.9 Å². The largest absolute Gasteiger partial charge is 0.357 e. The molecule has 1 nitrogen and oxygen atoms in total. The van der Waals surface area contributed by atoms with Crippen LogP contribution in [0.1, 0.15) is 26.2 Å². The molecule has 0 amide bonds. The number of rotatable bonds is 3. The Morgan fingerprint density at radius 2 is 2.25 bits per heavy atom. The highest BCUT2D eigenvalue weighted by molar-refractivity contribution is 9.09. The zero-order chi connectivity index (χ0) is 5.98. The van der Waals surface area contributed by atoms with E-state index in [9.17, 15) is 0 Å². The average Bonchev–Trinajstić information content (AvgIpc) is 2.42. The molecular weight excluding hydrogens is 168 g/mol. The summed E-state index contributed by atoms with van der Waals surface area (Å²) in [6, 6.07) is 0. The smallest absolute Gasteiger partial charge is 0.139 e. The lowest BCUT2D eigenvalue weighted by molar-refractivity contribution is 0.386. The van der Waals surface area contributed by atoms with E-state index in [0.29, 0.717) is 11.1 Å². The minimum atomic E-state index is 0.383. The first-order valence-electron chi connectivity index (χ1n) is 3.14. The number of epoxide rings is 1. The van der Waals surface area contributed by atoms with Gasteiger partial charge in [0, 0.05) is 0 Å². The molecule has 0 aromatic rings. The minimum Gasteiger partial charge on any atom is -0.357 e. The number of alkyl halides is 1. The van der Waals surface area contributed by atoms with Gasteiger partial charge in [-0.2, -0.15) is 0 Å². The highest BCUT2D eigenvalue weighted by Crippen LogP contribution is 2.31. The Hall–Kier alpha value is 0.440. The van der Waals surface area contributed by atoms with Crippen LogP contribution in [0.15, 0.2) is 0 Å². The molecule has 0 N–H and O–H groups in total. The Bertz CT molecular complexity index is 74.9. The topological polar surface area (TPSA) is 12.5 Å². The molecule has 0 aliphatic carbocycles. The monoisotopic (exact) mass is 178 g/mol. The van der Waals surface area contributed by atoms with Gasteiger partial charge in [0.1, 0.15) is 5.01 Å². The van der Waals surface area contributed by atoms with E-state index in [1.807, 2.05) is 0 Å². The molecule has 1 unspecified atom stereocenters. The number of hydrogen-bond acceptors (Lipinski definition) is 1. The lowest BCUT2D eigenvalue weighted by atomic mass is 10.2. The highest BCUT2D eigenvalue weighted by atomic mass is 79.9. The van der Waals surface area contributed by atoms with Gasteiger partial charge in [-0.25, -0.2) is 0 Å². The van der Waals surface area contributed by atoms with Crippen LogP contribution in [0.3, 0.4) is 0 Å². The van der Waals surface area contributed by atoms with E-state index in [-0.39, 0.29) is 0 Å². The summed E-state index contributed by atoms with van der Waals surface area (Å²) in [6.45, 7) is 2.20. The summed E-state index contributed by atoms with van der Waals surface area (Å²) in [5, 5.41) is 0.383. The van der Waals surface area contributed by atoms with Crippen LogP contribution < -0.4 is 0 Å². The van der Waals surface area contributed by atoms with Crippen LogP contribution in [-0.2, 0) is 4.74 Å². The Morgan fingerprint density at radius 1 is 1.62 bits per heavy atom. The maximum atomic E-state index is 5.14. The molecule has 0 radical (unpaired) electrons. The molecule has 2 heteroatoms. The van der Waals surface area contributed by atoms with Gasteiger partial charge in [0.2, 0.25) is 0 Å². The molecule has 8 heavy (non-hydrogen) atoms. The molecule has 1 aliphatic heterocycles. The molecular formula is C6H11BrO. The van der Waals surface area contributed by atoms with Crippen molar-refractivity contribution in [3.63, 3.8) is 0 Å². The zero-order valence-corrected chi connectivity index (χ0v) is 6.65. The van der Waals surface area contributed by atoms with Crippen LogP contribution >= 0.6 is 15.9 Å². The molecule has 1 fully saturated rings. The lowest BCUT2D eigenvalue weighted by Crippen LogP contribution is -1.85. The second-order valence-electron chi connectivity index (χ2n) is 2.17. The number of halogens is 1. The summed E-state index contributed by atoms with van der Waals surface area (Å²) in [5.74, 6) is 0. The minimum absolute atomic E-state index is 0.383. The van der Waals surface area contributed by atoms with E-state index in [0.717, 1.165) is 0 Å². The predicted molar refractivity (Wildman–Crippen MR) is 37.1 cm³/mol. The third-order valence-corrected chi connectivity index (χ3v) is 2.17. The first kappa shape index (κ1) is 6.56. The SMILES string of the molecule is CCCC[C@@H]1OC1Br. The number of hydrogen-bond donors (Lipinski definition) is 0. The van der Waals surface area contributed by atoms with E-state index in [4.69, 9.17) is 4.74 Å². The van der Waals surface area contributed by atoms with Crippen LogP contribution in [0.4, 0.5) is 0 Å². The van der Waals surface area contributed by atoms with Crippen molar-refractivity contribution in [2.75, 3.05) is 0 Å². The summed E-state index contributed by atoms with van der Waals surface area (Å²) < 4.78 is 5.14. The second kappa shape index (κ2) is 2.83. The van der Waals surface area contributed by atoms with Crippen LogP contribution in [0, 0.1) is 0 Å². The number of unbranched alkanes of at least 4 members (excludes halogenated alkanes) is 1. The molecule has 2 atom stereocenters. The molecule has 1 rings (SSSR count). The van der Waals surface area contributed by atoms with Gasteiger partial charge < -0.3 is 4.74 Å². The van der Waals surface area contributed by atoms with Crippen molar-refractivity contribution >= 4 is 15.9 Å². The van der Waals surface area contributed by atoms with Crippen molar-refractivity contribution in [2.24, 2.45) is 0 Å². The molecule has 0 aromatic heterocycles. The normalized spacial score (nSPS) is 35.2. The van der Waals surface area contributed by atoms with Gasteiger partial charge in [-0.1, -0.05) is 35.7 Å². The molecule has 48 valence electrons. The van der Waals surface area contributed by atoms with Crippen molar-refractivity contribution < 1.29 is 4.74 Å². The first-order chi connectivity index (χ1) is 3.84. The van der Waals surface area contributed by atoms with E-state index < -0.39 is 0 Å². The van der Waals surface area contributed by atoms with Crippen molar-refractivity contribution in [3.05, 3.63) is 0 Å². The van der Waals surface area contributed by atoms with E-state index in [1.165, 1.54) is 19.3 Å². The highest BCUT2D eigenvalue weighted by Gasteiger charge is 2.34. The molecule has 1 aliphatic rings. The molecule has 1 heterocycles. The quantitative estimate of drug-likeness (QED) is 0.478. The van der Waals surface area contributed by atoms with Gasteiger partial charge in [-0.15, -0.1) is 0 Å². The lowest BCUT2D eigenvalue weighted by Gasteiger charge is -1.87. The Kier molecular flexibility index (Phi) is 2.32. The Balaban J connectivity index is 1.89. The Labute approximate surface area is 58.5 Å². The zero-order valence-electron chi connectivity index (χ0n) is 5.06. The third-order valence-electron chi connectivity index (χ3n) is 1.36. The average molecular weight is 179 g/mol. The summed E-state index contributed by atoms with van der Waals surface area (Å²) >= 11 is 3.36. The third kappa shape index (κ3) is 1.75. The van der Waals surface area contributed by atoms with E-state index >= 15 is 0 Å². The van der Waals surface area contributed by atoms with Gasteiger partial charge in [0.25, 0.3) is 0 Å². The second-order valence-corrected chi connectivity index (χ2v) is 3.07. The molecule has 0 saturated carbocycles.